The minimum Gasteiger partial charge on any atom is -0.488 e. The molecule has 0 aromatic heterocycles. The zero-order valence-electron chi connectivity index (χ0n) is 12.0. The predicted molar refractivity (Wildman–Crippen MR) is 76.5 cm³/mol. The van der Waals surface area contributed by atoms with Crippen LogP contribution in [-0.2, 0) is 14.8 Å². The molecule has 20 heavy (non-hydrogen) atoms. The van der Waals surface area contributed by atoms with Crippen molar-refractivity contribution in [3.05, 3.63) is 23.3 Å². The molecule has 1 aliphatic heterocycles. The van der Waals surface area contributed by atoms with Crippen LogP contribution < -0.4 is 9.88 Å². The van der Waals surface area contributed by atoms with Crippen molar-refractivity contribution in [1.82, 2.24) is 0 Å². The number of nitrogens with two attached hydrogens (primary N) is 1. The van der Waals surface area contributed by atoms with Crippen molar-refractivity contribution in [3.63, 3.8) is 0 Å². The average molecular weight is 299 g/mol. The summed E-state index contributed by atoms with van der Waals surface area (Å²) in [6.45, 7) is 6.97. The monoisotopic (exact) mass is 299 g/mol. The first kappa shape index (κ1) is 15.3. The highest BCUT2D eigenvalue weighted by Crippen LogP contribution is 2.31. The molecule has 5 nitrogen and oxygen atoms in total. The summed E-state index contributed by atoms with van der Waals surface area (Å²) in [6, 6.07) is 3.38. The van der Waals surface area contributed by atoms with E-state index in [-0.39, 0.29) is 16.9 Å². The Kier molecular flexibility index (Phi) is 4.36. The van der Waals surface area contributed by atoms with E-state index in [4.69, 9.17) is 14.6 Å². The molecule has 1 atom stereocenters. The van der Waals surface area contributed by atoms with E-state index in [1.54, 1.807) is 12.1 Å². The van der Waals surface area contributed by atoms with Crippen molar-refractivity contribution in [3.8, 4) is 5.75 Å². The Bertz CT molecular complexity index is 589. The van der Waals surface area contributed by atoms with Crippen LogP contribution in [0.4, 0.5) is 0 Å². The highest BCUT2D eigenvalue weighted by Gasteiger charge is 2.22. The predicted octanol–water partition coefficient (Wildman–Crippen LogP) is 1.93. The molecule has 1 fully saturated rings. The molecule has 1 aromatic rings. The summed E-state index contributed by atoms with van der Waals surface area (Å²) in [5.41, 5.74) is 1.46. The molecule has 2 rings (SSSR count). The maximum absolute atomic E-state index is 11.7. The van der Waals surface area contributed by atoms with Gasteiger partial charge in [0.1, 0.15) is 11.9 Å². The van der Waals surface area contributed by atoms with Gasteiger partial charge in [0.15, 0.2) is 0 Å². The van der Waals surface area contributed by atoms with E-state index in [2.05, 4.69) is 0 Å². The SMILES string of the molecule is Cc1cc(S(N)(=O)=O)c(C(C)C)cc1OC1CCOC1. The van der Waals surface area contributed by atoms with Gasteiger partial charge in [0.25, 0.3) is 0 Å². The van der Waals surface area contributed by atoms with Gasteiger partial charge in [-0.3, -0.25) is 0 Å². The second kappa shape index (κ2) is 5.71. The molecule has 0 spiro atoms. The van der Waals surface area contributed by atoms with Crippen LogP contribution in [0.2, 0.25) is 0 Å². The molecule has 112 valence electrons. The molecular weight excluding hydrogens is 278 g/mol. The Morgan fingerprint density at radius 3 is 2.60 bits per heavy atom. The van der Waals surface area contributed by atoms with Crippen molar-refractivity contribution < 1.29 is 17.9 Å². The van der Waals surface area contributed by atoms with E-state index < -0.39 is 10.0 Å². The van der Waals surface area contributed by atoms with E-state index in [1.165, 1.54) is 0 Å². The lowest BCUT2D eigenvalue weighted by atomic mass is 10.0. The smallest absolute Gasteiger partial charge is 0.238 e. The lowest BCUT2D eigenvalue weighted by Gasteiger charge is -2.18. The molecule has 0 bridgehead atoms. The van der Waals surface area contributed by atoms with Gasteiger partial charge in [-0.15, -0.1) is 0 Å². The molecule has 6 heteroatoms. The minimum absolute atomic E-state index is 0.0362. The summed E-state index contributed by atoms with van der Waals surface area (Å²) in [6.07, 6.45) is 0.891. The minimum atomic E-state index is -3.73. The lowest BCUT2D eigenvalue weighted by molar-refractivity contribution is 0.140. The molecule has 1 aliphatic rings. The van der Waals surface area contributed by atoms with Crippen LogP contribution in [0, 0.1) is 6.92 Å². The molecule has 1 saturated heterocycles. The normalized spacial score (nSPS) is 19.6. The van der Waals surface area contributed by atoms with Gasteiger partial charge in [0.05, 0.1) is 18.1 Å². The fraction of sp³-hybridized carbons (Fsp3) is 0.571. The van der Waals surface area contributed by atoms with Crippen molar-refractivity contribution in [2.24, 2.45) is 5.14 Å². The maximum atomic E-state index is 11.7. The highest BCUT2D eigenvalue weighted by molar-refractivity contribution is 7.89. The Labute approximate surface area is 120 Å². The summed E-state index contributed by atoms with van der Waals surface area (Å²) in [5, 5.41) is 5.29. The molecule has 0 aliphatic carbocycles. The largest absolute Gasteiger partial charge is 0.488 e. The average Bonchev–Trinajstić information content (AvgIpc) is 2.82. The Morgan fingerprint density at radius 1 is 1.40 bits per heavy atom. The summed E-state index contributed by atoms with van der Waals surface area (Å²) in [4.78, 5) is 0.181. The van der Waals surface area contributed by atoms with E-state index in [1.807, 2.05) is 20.8 Å². The summed E-state index contributed by atoms with van der Waals surface area (Å²) >= 11 is 0. The Balaban J connectivity index is 2.42. The first-order chi connectivity index (χ1) is 9.29. The van der Waals surface area contributed by atoms with Gasteiger partial charge in [-0.1, -0.05) is 13.8 Å². The molecule has 1 aromatic carbocycles. The van der Waals surface area contributed by atoms with Crippen LogP contribution in [0.15, 0.2) is 17.0 Å². The summed E-state index contributed by atoms with van der Waals surface area (Å²) in [7, 11) is -3.73. The fourth-order valence-electron chi connectivity index (χ4n) is 2.29. The van der Waals surface area contributed by atoms with Crippen LogP contribution in [0.1, 0.15) is 37.3 Å². The number of aryl methyl sites for hydroxylation is 1. The van der Waals surface area contributed by atoms with Crippen molar-refractivity contribution >= 4 is 10.0 Å². The maximum Gasteiger partial charge on any atom is 0.238 e. The molecule has 2 N–H and O–H groups in total. The van der Waals surface area contributed by atoms with Gasteiger partial charge in [-0.25, -0.2) is 13.6 Å². The van der Waals surface area contributed by atoms with Crippen LogP contribution in [0.5, 0.6) is 5.75 Å². The zero-order chi connectivity index (χ0) is 14.9. The molecule has 1 unspecified atom stereocenters. The number of primary sulfonamides is 1. The van der Waals surface area contributed by atoms with Crippen LogP contribution >= 0.6 is 0 Å². The quantitative estimate of drug-likeness (QED) is 0.921. The Morgan fingerprint density at radius 2 is 2.10 bits per heavy atom. The van der Waals surface area contributed by atoms with E-state index in [9.17, 15) is 8.42 Å². The van der Waals surface area contributed by atoms with Crippen molar-refractivity contribution in [1.29, 1.82) is 0 Å². The molecule has 0 amide bonds. The van der Waals surface area contributed by atoms with Crippen LogP contribution in [-0.4, -0.2) is 27.7 Å². The van der Waals surface area contributed by atoms with Gasteiger partial charge >= 0.3 is 0 Å². The number of hydrogen-bond acceptors (Lipinski definition) is 4. The third-order valence-corrected chi connectivity index (χ3v) is 4.38. The second-order valence-corrected chi connectivity index (χ2v) is 6.99. The number of sulfonamides is 1. The molecular formula is C14H21NO4S. The first-order valence-electron chi connectivity index (χ1n) is 6.70. The van der Waals surface area contributed by atoms with Crippen LogP contribution in [0.25, 0.3) is 0 Å². The molecule has 1 heterocycles. The number of rotatable bonds is 4. The van der Waals surface area contributed by atoms with Gasteiger partial charge < -0.3 is 9.47 Å². The third-order valence-electron chi connectivity index (χ3n) is 3.42. The fourth-order valence-corrected chi connectivity index (χ4v) is 3.25. The van der Waals surface area contributed by atoms with Gasteiger partial charge in [0, 0.05) is 6.42 Å². The summed E-state index contributed by atoms with van der Waals surface area (Å²) in [5.74, 6) is 0.753. The zero-order valence-corrected chi connectivity index (χ0v) is 12.9. The highest BCUT2D eigenvalue weighted by atomic mass is 32.2. The van der Waals surface area contributed by atoms with E-state index >= 15 is 0 Å². The third kappa shape index (κ3) is 3.31. The number of ether oxygens (including phenoxy) is 2. The first-order valence-corrected chi connectivity index (χ1v) is 8.25. The van der Waals surface area contributed by atoms with E-state index in [0.29, 0.717) is 24.5 Å². The molecule has 0 radical (unpaired) electrons. The van der Waals surface area contributed by atoms with E-state index in [0.717, 1.165) is 12.0 Å². The summed E-state index contributed by atoms with van der Waals surface area (Å²) < 4.78 is 34.6. The topological polar surface area (TPSA) is 78.6 Å². The lowest BCUT2D eigenvalue weighted by Crippen LogP contribution is -2.18. The molecule has 0 saturated carbocycles. The van der Waals surface area contributed by atoms with Gasteiger partial charge in [0.2, 0.25) is 10.0 Å². The number of benzene rings is 1. The van der Waals surface area contributed by atoms with Gasteiger partial charge in [-0.05, 0) is 36.1 Å². The van der Waals surface area contributed by atoms with Gasteiger partial charge in [-0.2, -0.15) is 0 Å². The van der Waals surface area contributed by atoms with Crippen molar-refractivity contribution in [2.45, 2.75) is 44.1 Å². The van der Waals surface area contributed by atoms with Crippen LogP contribution in [0.3, 0.4) is 0 Å². The van der Waals surface area contributed by atoms with Crippen molar-refractivity contribution in [2.75, 3.05) is 13.2 Å². The number of hydrogen-bond donors (Lipinski definition) is 1. The standard InChI is InChI=1S/C14H21NO4S/c1-9(2)12-7-13(19-11-4-5-18-8-11)10(3)6-14(12)20(15,16)17/h6-7,9,11H,4-5,8H2,1-3H3,(H2,15,16,17). The Hall–Kier alpha value is -1.11. The second-order valence-electron chi connectivity index (χ2n) is 5.46.